The number of halogens is 1. The molecule has 0 aliphatic heterocycles. The van der Waals surface area contributed by atoms with Crippen molar-refractivity contribution >= 4 is 22.3 Å². The first-order valence-electron chi connectivity index (χ1n) is 5.49. The molecular weight excluding hydrogens is 237 g/mol. The number of rotatable bonds is 3. The molecule has 18 heavy (non-hydrogen) atoms. The van der Waals surface area contributed by atoms with Gasteiger partial charge in [0.1, 0.15) is 5.52 Å². The molecule has 1 heterocycles. The number of anilines is 1. The number of non-ortho nitro benzene ring substituents is 1. The maximum Gasteiger partial charge on any atom is 0.281 e. The molecule has 0 atom stereocenters. The van der Waals surface area contributed by atoms with Gasteiger partial charge in [-0.3, -0.25) is 15.1 Å². The van der Waals surface area contributed by atoms with Gasteiger partial charge in [-0.15, -0.1) is 0 Å². The van der Waals surface area contributed by atoms with Crippen molar-refractivity contribution in [3.8, 4) is 0 Å². The molecule has 5 nitrogen and oxygen atoms in total. The molecule has 94 valence electrons. The Hall–Kier alpha value is -2.24. The van der Waals surface area contributed by atoms with Crippen molar-refractivity contribution in [2.45, 2.75) is 19.9 Å². The molecule has 0 fully saturated rings. The predicted molar refractivity (Wildman–Crippen MR) is 67.1 cm³/mol. The summed E-state index contributed by atoms with van der Waals surface area (Å²) >= 11 is 0. The second-order valence-corrected chi connectivity index (χ2v) is 4.21. The van der Waals surface area contributed by atoms with Gasteiger partial charge in [0.05, 0.1) is 22.1 Å². The molecule has 0 amide bonds. The van der Waals surface area contributed by atoms with Gasteiger partial charge in [-0.25, -0.2) is 4.39 Å². The molecule has 6 heteroatoms. The Kier molecular flexibility index (Phi) is 3.10. The number of pyridine rings is 1. The summed E-state index contributed by atoms with van der Waals surface area (Å²) in [5.74, 6) is -0.665. The van der Waals surface area contributed by atoms with Crippen molar-refractivity contribution in [3.05, 3.63) is 40.3 Å². The van der Waals surface area contributed by atoms with Crippen LogP contribution in [-0.4, -0.2) is 15.9 Å². The fourth-order valence-corrected chi connectivity index (χ4v) is 1.77. The summed E-state index contributed by atoms with van der Waals surface area (Å²) in [4.78, 5) is 14.3. The topological polar surface area (TPSA) is 68.1 Å². The number of fused-ring (bicyclic) bond motifs is 1. The Morgan fingerprint density at radius 1 is 1.50 bits per heavy atom. The van der Waals surface area contributed by atoms with Crippen LogP contribution in [0.5, 0.6) is 0 Å². The number of benzene rings is 1. The summed E-state index contributed by atoms with van der Waals surface area (Å²) in [5.41, 5.74) is 0.203. The molecule has 0 bridgehead atoms. The van der Waals surface area contributed by atoms with Crippen molar-refractivity contribution in [2.24, 2.45) is 0 Å². The minimum absolute atomic E-state index is 0.00571. The van der Waals surface area contributed by atoms with Gasteiger partial charge in [-0.1, -0.05) is 0 Å². The van der Waals surface area contributed by atoms with Crippen molar-refractivity contribution in [2.75, 3.05) is 5.32 Å². The standard InChI is InChI=1S/C12H12FN3O2/c1-7(2)15-12-9(13)6-10(16(17)18)8-4-3-5-14-11(8)12/h3-7,15H,1-2H3. The maximum absolute atomic E-state index is 13.9. The van der Waals surface area contributed by atoms with Crippen LogP contribution in [0.1, 0.15) is 13.8 Å². The SMILES string of the molecule is CC(C)Nc1c(F)cc([N+](=O)[O-])c2cccnc12. The van der Waals surface area contributed by atoms with Gasteiger partial charge in [0.2, 0.25) is 0 Å². The number of hydrogen-bond acceptors (Lipinski definition) is 4. The van der Waals surface area contributed by atoms with Crippen molar-refractivity contribution < 1.29 is 9.31 Å². The van der Waals surface area contributed by atoms with Gasteiger partial charge in [-0.05, 0) is 26.0 Å². The van der Waals surface area contributed by atoms with Crippen LogP contribution in [-0.2, 0) is 0 Å². The van der Waals surface area contributed by atoms with Crippen LogP contribution in [0.2, 0.25) is 0 Å². The highest BCUT2D eigenvalue weighted by Crippen LogP contribution is 2.32. The molecule has 0 saturated carbocycles. The van der Waals surface area contributed by atoms with Crippen LogP contribution in [0.4, 0.5) is 15.8 Å². The summed E-state index contributed by atoms with van der Waals surface area (Å²) in [6, 6.07) is 4.08. The zero-order valence-electron chi connectivity index (χ0n) is 9.98. The zero-order valence-corrected chi connectivity index (χ0v) is 9.98. The molecule has 2 aromatic rings. The number of nitro groups is 1. The van der Waals surface area contributed by atoms with Crippen LogP contribution < -0.4 is 5.32 Å². The fourth-order valence-electron chi connectivity index (χ4n) is 1.77. The van der Waals surface area contributed by atoms with E-state index >= 15 is 0 Å². The molecule has 0 spiro atoms. The van der Waals surface area contributed by atoms with Gasteiger partial charge in [-0.2, -0.15) is 0 Å². The van der Waals surface area contributed by atoms with Crippen molar-refractivity contribution in [1.82, 2.24) is 4.98 Å². The van der Waals surface area contributed by atoms with E-state index in [-0.39, 0.29) is 22.9 Å². The van der Waals surface area contributed by atoms with Gasteiger partial charge in [0.15, 0.2) is 5.82 Å². The lowest BCUT2D eigenvalue weighted by Gasteiger charge is -2.13. The largest absolute Gasteiger partial charge is 0.379 e. The van der Waals surface area contributed by atoms with E-state index in [1.54, 1.807) is 12.1 Å². The highest BCUT2D eigenvalue weighted by Gasteiger charge is 2.20. The quantitative estimate of drug-likeness (QED) is 0.670. The maximum atomic E-state index is 13.9. The Labute approximate surface area is 103 Å². The first kappa shape index (κ1) is 12.2. The van der Waals surface area contributed by atoms with Crippen LogP contribution in [0, 0.1) is 15.9 Å². The van der Waals surface area contributed by atoms with E-state index < -0.39 is 10.7 Å². The van der Waals surface area contributed by atoms with E-state index in [0.717, 1.165) is 6.07 Å². The summed E-state index contributed by atoms with van der Waals surface area (Å²) in [6.45, 7) is 3.71. The third kappa shape index (κ3) is 2.09. The van der Waals surface area contributed by atoms with Gasteiger partial charge in [0.25, 0.3) is 5.69 Å². The summed E-state index contributed by atoms with van der Waals surface area (Å²) in [7, 11) is 0. The van der Waals surface area contributed by atoms with Gasteiger partial charge < -0.3 is 5.32 Å². The summed E-state index contributed by atoms with van der Waals surface area (Å²) < 4.78 is 13.9. The van der Waals surface area contributed by atoms with Crippen LogP contribution >= 0.6 is 0 Å². The van der Waals surface area contributed by atoms with Crippen LogP contribution in [0.15, 0.2) is 24.4 Å². The molecule has 0 aliphatic rings. The van der Waals surface area contributed by atoms with E-state index in [1.165, 1.54) is 6.20 Å². The Morgan fingerprint density at radius 2 is 2.22 bits per heavy atom. The zero-order chi connectivity index (χ0) is 13.3. The summed E-state index contributed by atoms with van der Waals surface area (Å²) in [6.07, 6.45) is 1.48. The minimum atomic E-state index is -0.665. The smallest absolute Gasteiger partial charge is 0.281 e. The van der Waals surface area contributed by atoms with E-state index in [2.05, 4.69) is 10.3 Å². The number of hydrogen-bond donors (Lipinski definition) is 1. The lowest BCUT2D eigenvalue weighted by atomic mass is 10.1. The van der Waals surface area contributed by atoms with E-state index in [1.807, 2.05) is 13.8 Å². The normalized spacial score (nSPS) is 10.9. The van der Waals surface area contributed by atoms with Gasteiger partial charge in [0, 0.05) is 12.2 Å². The monoisotopic (exact) mass is 249 g/mol. The highest BCUT2D eigenvalue weighted by atomic mass is 19.1. The number of nitrogens with one attached hydrogen (secondary N) is 1. The Morgan fingerprint density at radius 3 is 2.83 bits per heavy atom. The molecule has 1 N–H and O–H groups in total. The fraction of sp³-hybridized carbons (Fsp3) is 0.250. The lowest BCUT2D eigenvalue weighted by Crippen LogP contribution is -2.12. The number of nitro benzene ring substituents is 1. The number of aromatic nitrogens is 1. The third-order valence-electron chi connectivity index (χ3n) is 2.45. The molecular formula is C12H12FN3O2. The molecule has 2 rings (SSSR count). The van der Waals surface area contributed by atoms with E-state index in [4.69, 9.17) is 0 Å². The van der Waals surface area contributed by atoms with Crippen LogP contribution in [0.25, 0.3) is 10.9 Å². The molecule has 0 saturated heterocycles. The molecule has 0 radical (unpaired) electrons. The first-order chi connectivity index (χ1) is 8.50. The summed E-state index contributed by atoms with van der Waals surface area (Å²) in [5, 5.41) is 14.1. The average Bonchev–Trinajstić information content (AvgIpc) is 2.31. The molecule has 1 aromatic carbocycles. The van der Waals surface area contributed by atoms with E-state index in [0.29, 0.717) is 5.39 Å². The average molecular weight is 249 g/mol. The number of nitrogens with zero attached hydrogens (tertiary/aromatic N) is 2. The highest BCUT2D eigenvalue weighted by molar-refractivity contribution is 5.97. The van der Waals surface area contributed by atoms with Gasteiger partial charge >= 0.3 is 0 Å². The van der Waals surface area contributed by atoms with E-state index in [9.17, 15) is 14.5 Å². The Bertz CT molecular complexity index is 614. The second-order valence-electron chi connectivity index (χ2n) is 4.21. The molecule has 0 aliphatic carbocycles. The molecule has 1 aromatic heterocycles. The predicted octanol–water partition coefficient (Wildman–Crippen LogP) is 3.10. The van der Waals surface area contributed by atoms with Crippen molar-refractivity contribution in [1.29, 1.82) is 0 Å². The first-order valence-corrected chi connectivity index (χ1v) is 5.49. The lowest BCUT2D eigenvalue weighted by molar-refractivity contribution is -0.383. The molecule has 0 unspecified atom stereocenters. The minimum Gasteiger partial charge on any atom is -0.379 e. The van der Waals surface area contributed by atoms with Crippen LogP contribution in [0.3, 0.4) is 0 Å². The Balaban J connectivity index is 2.77. The third-order valence-corrected chi connectivity index (χ3v) is 2.45. The second kappa shape index (κ2) is 4.56. The van der Waals surface area contributed by atoms with Crippen molar-refractivity contribution in [3.63, 3.8) is 0 Å².